The highest BCUT2D eigenvalue weighted by Gasteiger charge is 2.13. The lowest BCUT2D eigenvalue weighted by Gasteiger charge is -2.13. The van der Waals surface area contributed by atoms with Gasteiger partial charge in [0.2, 0.25) is 0 Å². The second kappa shape index (κ2) is 5.46. The van der Waals surface area contributed by atoms with Gasteiger partial charge in [0.05, 0.1) is 6.04 Å². The molecule has 0 aliphatic carbocycles. The summed E-state index contributed by atoms with van der Waals surface area (Å²) < 4.78 is 28.6. The molecule has 0 radical (unpaired) electrons. The van der Waals surface area contributed by atoms with Gasteiger partial charge in [0.1, 0.15) is 5.75 Å². The zero-order valence-corrected chi connectivity index (χ0v) is 10.6. The Morgan fingerprint density at radius 2 is 2.06 bits per heavy atom. The first-order chi connectivity index (χ1) is 8.58. The maximum absolute atomic E-state index is 12.1. The fraction of sp³-hybridized carbons (Fsp3) is 0.231. The quantitative estimate of drug-likeness (QED) is 0.918. The molecule has 0 spiro atoms. The van der Waals surface area contributed by atoms with E-state index in [1.165, 1.54) is 6.07 Å². The summed E-state index contributed by atoms with van der Waals surface area (Å²) in [5.41, 5.74) is 7.89. The lowest BCUT2D eigenvalue weighted by Crippen LogP contribution is -2.12. The number of hydrogen-bond acceptors (Lipinski definition) is 3. The minimum atomic E-state index is -2.82. The summed E-state index contributed by atoms with van der Waals surface area (Å²) in [6.45, 7) is -0.835. The van der Waals surface area contributed by atoms with Gasteiger partial charge in [0, 0.05) is 4.88 Å². The summed E-state index contributed by atoms with van der Waals surface area (Å²) in [5, 5.41) is 1.96. The van der Waals surface area contributed by atoms with Gasteiger partial charge in [-0.2, -0.15) is 8.78 Å². The fourth-order valence-corrected chi connectivity index (χ4v) is 2.53. The summed E-state index contributed by atoms with van der Waals surface area (Å²) in [7, 11) is 0. The van der Waals surface area contributed by atoms with Crippen molar-refractivity contribution in [1.29, 1.82) is 0 Å². The molecular weight excluding hydrogens is 256 g/mol. The van der Waals surface area contributed by atoms with Crippen LogP contribution in [0.3, 0.4) is 0 Å². The standard InChI is InChI=1S/C13H13F2NOS/c1-8-11(5-6-18-8)12(16)9-3-2-4-10(7-9)17-13(14)15/h2-7,12-13H,16H2,1H3. The third-order valence-corrected chi connectivity index (χ3v) is 3.54. The van der Waals surface area contributed by atoms with E-state index < -0.39 is 6.61 Å². The van der Waals surface area contributed by atoms with Crippen molar-refractivity contribution < 1.29 is 13.5 Å². The molecule has 0 aliphatic heterocycles. The average molecular weight is 269 g/mol. The van der Waals surface area contributed by atoms with Crippen LogP contribution in [0.1, 0.15) is 22.0 Å². The Hall–Kier alpha value is -1.46. The highest BCUT2D eigenvalue weighted by atomic mass is 32.1. The van der Waals surface area contributed by atoms with Crippen molar-refractivity contribution >= 4 is 11.3 Å². The molecule has 0 saturated heterocycles. The molecule has 2 rings (SSSR count). The first kappa shape index (κ1) is 13.0. The predicted octanol–water partition coefficient (Wildman–Crippen LogP) is 3.71. The molecule has 1 aromatic carbocycles. The number of halogens is 2. The Kier molecular flexibility index (Phi) is 3.93. The molecular formula is C13H13F2NOS. The lowest BCUT2D eigenvalue weighted by atomic mass is 10.0. The van der Waals surface area contributed by atoms with Crippen LogP contribution in [0.15, 0.2) is 35.7 Å². The minimum absolute atomic E-state index is 0.130. The third kappa shape index (κ3) is 2.86. The second-order valence-corrected chi connectivity index (χ2v) is 4.98. The Balaban J connectivity index is 2.25. The third-order valence-electron chi connectivity index (χ3n) is 2.68. The molecule has 1 heterocycles. The molecule has 2 nitrogen and oxygen atoms in total. The normalized spacial score (nSPS) is 12.7. The van der Waals surface area contributed by atoms with E-state index in [-0.39, 0.29) is 11.8 Å². The number of thiophene rings is 1. The van der Waals surface area contributed by atoms with Crippen LogP contribution < -0.4 is 10.5 Å². The first-order valence-corrected chi connectivity index (χ1v) is 6.30. The van der Waals surface area contributed by atoms with Crippen LogP contribution in [-0.2, 0) is 0 Å². The molecule has 0 amide bonds. The second-order valence-electron chi connectivity index (χ2n) is 3.86. The van der Waals surface area contributed by atoms with Crippen molar-refractivity contribution in [3.8, 4) is 5.75 Å². The van der Waals surface area contributed by atoms with E-state index in [1.807, 2.05) is 18.4 Å². The number of alkyl halides is 2. The van der Waals surface area contributed by atoms with Gasteiger partial charge in [-0.3, -0.25) is 0 Å². The topological polar surface area (TPSA) is 35.2 Å². The van der Waals surface area contributed by atoms with Crippen molar-refractivity contribution in [3.63, 3.8) is 0 Å². The Morgan fingerprint density at radius 1 is 1.28 bits per heavy atom. The molecule has 0 aliphatic rings. The highest BCUT2D eigenvalue weighted by Crippen LogP contribution is 2.28. The Labute approximate surface area is 108 Å². The van der Waals surface area contributed by atoms with Crippen LogP contribution in [0.4, 0.5) is 8.78 Å². The highest BCUT2D eigenvalue weighted by molar-refractivity contribution is 7.10. The molecule has 18 heavy (non-hydrogen) atoms. The van der Waals surface area contributed by atoms with Gasteiger partial charge >= 0.3 is 6.61 Å². The summed E-state index contributed by atoms with van der Waals surface area (Å²) in [5.74, 6) is 0.130. The van der Waals surface area contributed by atoms with Crippen LogP contribution in [0, 0.1) is 6.92 Å². The molecule has 2 N–H and O–H groups in total. The van der Waals surface area contributed by atoms with E-state index in [1.54, 1.807) is 29.5 Å². The Morgan fingerprint density at radius 3 is 2.67 bits per heavy atom. The molecule has 0 fully saturated rings. The van der Waals surface area contributed by atoms with E-state index in [2.05, 4.69) is 4.74 Å². The summed E-state index contributed by atoms with van der Waals surface area (Å²) in [6, 6.07) is 8.13. The molecule has 5 heteroatoms. The summed E-state index contributed by atoms with van der Waals surface area (Å²) in [6.07, 6.45) is 0. The number of rotatable bonds is 4. The molecule has 0 bridgehead atoms. The van der Waals surface area contributed by atoms with Gasteiger partial charge in [0.25, 0.3) is 0 Å². The van der Waals surface area contributed by atoms with Crippen molar-refractivity contribution in [2.45, 2.75) is 19.6 Å². The molecule has 1 unspecified atom stereocenters. The average Bonchev–Trinajstić information content (AvgIpc) is 2.74. The van der Waals surface area contributed by atoms with Crippen LogP contribution in [0.2, 0.25) is 0 Å². The monoisotopic (exact) mass is 269 g/mol. The zero-order valence-electron chi connectivity index (χ0n) is 9.77. The minimum Gasteiger partial charge on any atom is -0.435 e. The molecule has 1 aromatic heterocycles. The molecule has 1 atom stereocenters. The van der Waals surface area contributed by atoms with Gasteiger partial charge in [-0.25, -0.2) is 0 Å². The molecule has 96 valence electrons. The number of ether oxygens (including phenoxy) is 1. The summed E-state index contributed by atoms with van der Waals surface area (Å²) >= 11 is 1.61. The first-order valence-electron chi connectivity index (χ1n) is 5.42. The number of benzene rings is 1. The van der Waals surface area contributed by atoms with Gasteiger partial charge in [-0.05, 0) is 41.6 Å². The SMILES string of the molecule is Cc1sccc1C(N)c1cccc(OC(F)F)c1. The van der Waals surface area contributed by atoms with Gasteiger partial charge < -0.3 is 10.5 Å². The smallest absolute Gasteiger partial charge is 0.387 e. The van der Waals surface area contributed by atoms with Crippen LogP contribution in [0.25, 0.3) is 0 Å². The van der Waals surface area contributed by atoms with Crippen molar-refractivity contribution in [2.75, 3.05) is 0 Å². The largest absolute Gasteiger partial charge is 0.435 e. The van der Waals surface area contributed by atoms with Gasteiger partial charge in [-0.1, -0.05) is 12.1 Å². The lowest BCUT2D eigenvalue weighted by molar-refractivity contribution is -0.0498. The zero-order chi connectivity index (χ0) is 13.1. The van der Waals surface area contributed by atoms with Crippen LogP contribution in [-0.4, -0.2) is 6.61 Å². The molecule has 2 aromatic rings. The van der Waals surface area contributed by atoms with Crippen molar-refractivity contribution in [3.05, 3.63) is 51.7 Å². The Bertz CT molecular complexity index is 527. The van der Waals surface area contributed by atoms with E-state index in [9.17, 15) is 8.78 Å². The summed E-state index contributed by atoms with van der Waals surface area (Å²) in [4.78, 5) is 1.13. The fourth-order valence-electron chi connectivity index (χ4n) is 1.78. The van der Waals surface area contributed by atoms with E-state index >= 15 is 0 Å². The van der Waals surface area contributed by atoms with E-state index in [0.717, 1.165) is 16.0 Å². The van der Waals surface area contributed by atoms with Crippen LogP contribution >= 0.6 is 11.3 Å². The maximum Gasteiger partial charge on any atom is 0.387 e. The number of nitrogens with two attached hydrogens (primary N) is 1. The predicted molar refractivity (Wildman–Crippen MR) is 68.2 cm³/mol. The number of hydrogen-bond donors (Lipinski definition) is 1. The van der Waals surface area contributed by atoms with E-state index in [0.29, 0.717) is 0 Å². The maximum atomic E-state index is 12.1. The van der Waals surface area contributed by atoms with Gasteiger partial charge in [0.15, 0.2) is 0 Å². The molecule has 0 saturated carbocycles. The number of aryl methyl sites for hydroxylation is 1. The van der Waals surface area contributed by atoms with Crippen LogP contribution in [0.5, 0.6) is 5.75 Å². The van der Waals surface area contributed by atoms with E-state index in [4.69, 9.17) is 5.73 Å². The van der Waals surface area contributed by atoms with Crippen molar-refractivity contribution in [2.24, 2.45) is 5.73 Å². The van der Waals surface area contributed by atoms with Gasteiger partial charge in [-0.15, -0.1) is 11.3 Å². The van der Waals surface area contributed by atoms with Crippen molar-refractivity contribution in [1.82, 2.24) is 0 Å².